The summed E-state index contributed by atoms with van der Waals surface area (Å²) in [5.74, 6) is 0. The normalized spacial score (nSPS) is 20.0. The van der Waals surface area contributed by atoms with Crippen LogP contribution >= 0.6 is 0 Å². The fourth-order valence-electron chi connectivity index (χ4n) is 1.92. The number of nitrogens with zero attached hydrogens (tertiary/aromatic N) is 1. The van der Waals surface area contributed by atoms with Gasteiger partial charge in [0, 0.05) is 12.1 Å². The third kappa shape index (κ3) is 1.99. The van der Waals surface area contributed by atoms with Crippen molar-refractivity contribution >= 4 is 0 Å². The highest BCUT2D eigenvalue weighted by molar-refractivity contribution is 5.04. The van der Waals surface area contributed by atoms with E-state index in [1.54, 1.807) is 0 Å². The molecule has 0 spiro atoms. The van der Waals surface area contributed by atoms with Gasteiger partial charge < -0.3 is 5.73 Å². The minimum absolute atomic E-state index is 0.423. The van der Waals surface area contributed by atoms with Crippen molar-refractivity contribution in [3.8, 4) is 0 Å². The van der Waals surface area contributed by atoms with Gasteiger partial charge in [0.05, 0.1) is 0 Å². The molecule has 0 bridgehead atoms. The number of rotatable bonds is 6. The molecule has 1 saturated carbocycles. The second-order valence-corrected chi connectivity index (χ2v) is 3.92. The maximum absolute atomic E-state index is 5.79. The third-order valence-electron chi connectivity index (χ3n) is 2.86. The van der Waals surface area contributed by atoms with Crippen molar-refractivity contribution in [2.45, 2.75) is 45.1 Å². The second-order valence-electron chi connectivity index (χ2n) is 3.92. The molecule has 0 aromatic heterocycles. The number of nitrogens with two attached hydrogens (primary N) is 1. The van der Waals surface area contributed by atoms with E-state index in [1.165, 1.54) is 38.8 Å². The van der Waals surface area contributed by atoms with Gasteiger partial charge in [-0.1, -0.05) is 13.8 Å². The fraction of sp³-hybridized carbons (Fsp3) is 1.00. The summed E-state index contributed by atoms with van der Waals surface area (Å²) in [5, 5.41) is 0. The zero-order valence-corrected chi connectivity index (χ0v) is 8.47. The lowest BCUT2D eigenvalue weighted by Gasteiger charge is -2.30. The van der Waals surface area contributed by atoms with Crippen LogP contribution in [0.3, 0.4) is 0 Å². The van der Waals surface area contributed by atoms with Crippen LogP contribution < -0.4 is 5.73 Å². The third-order valence-corrected chi connectivity index (χ3v) is 2.86. The molecular weight excluding hydrogens is 148 g/mol. The topological polar surface area (TPSA) is 29.3 Å². The molecule has 12 heavy (non-hydrogen) atoms. The van der Waals surface area contributed by atoms with Gasteiger partial charge in [-0.2, -0.15) is 0 Å². The van der Waals surface area contributed by atoms with E-state index >= 15 is 0 Å². The van der Waals surface area contributed by atoms with Gasteiger partial charge in [0.1, 0.15) is 0 Å². The predicted molar refractivity (Wildman–Crippen MR) is 53.2 cm³/mol. The average Bonchev–Trinajstić information content (AvgIpc) is 2.85. The van der Waals surface area contributed by atoms with Crippen molar-refractivity contribution in [2.24, 2.45) is 5.73 Å². The van der Waals surface area contributed by atoms with E-state index in [2.05, 4.69) is 18.7 Å². The van der Waals surface area contributed by atoms with Crippen molar-refractivity contribution in [3.05, 3.63) is 0 Å². The highest BCUT2D eigenvalue weighted by atomic mass is 15.2. The smallest absolute Gasteiger partial charge is 0.0333 e. The molecule has 0 amide bonds. The summed E-state index contributed by atoms with van der Waals surface area (Å²) in [6, 6.07) is 0. The molecule has 1 rings (SSSR count). The molecule has 1 aliphatic carbocycles. The first-order valence-electron chi connectivity index (χ1n) is 5.24. The van der Waals surface area contributed by atoms with E-state index in [-0.39, 0.29) is 0 Å². The molecule has 0 unspecified atom stereocenters. The molecule has 2 heteroatoms. The maximum atomic E-state index is 5.79. The SMILES string of the molecule is CCCN(CCC)C1(CN)CC1. The van der Waals surface area contributed by atoms with Crippen molar-refractivity contribution in [1.29, 1.82) is 0 Å². The molecule has 1 fully saturated rings. The summed E-state index contributed by atoms with van der Waals surface area (Å²) < 4.78 is 0. The van der Waals surface area contributed by atoms with Crippen LogP contribution in [0.1, 0.15) is 39.5 Å². The van der Waals surface area contributed by atoms with Crippen LogP contribution in [0, 0.1) is 0 Å². The molecule has 0 aromatic carbocycles. The Labute approximate surface area is 76.1 Å². The molecular formula is C10H22N2. The number of hydrogen-bond donors (Lipinski definition) is 1. The van der Waals surface area contributed by atoms with Gasteiger partial charge in [0.2, 0.25) is 0 Å². The lowest BCUT2D eigenvalue weighted by Crippen LogP contribution is -2.43. The summed E-state index contributed by atoms with van der Waals surface area (Å²) in [5.41, 5.74) is 6.21. The van der Waals surface area contributed by atoms with Crippen molar-refractivity contribution < 1.29 is 0 Å². The molecule has 2 N–H and O–H groups in total. The molecule has 0 aromatic rings. The minimum atomic E-state index is 0.423. The van der Waals surface area contributed by atoms with Crippen LogP contribution in [0.2, 0.25) is 0 Å². The highest BCUT2D eigenvalue weighted by Gasteiger charge is 2.45. The van der Waals surface area contributed by atoms with E-state index in [1.807, 2.05) is 0 Å². The average molecular weight is 170 g/mol. The zero-order chi connectivity index (χ0) is 9.03. The van der Waals surface area contributed by atoms with Crippen molar-refractivity contribution in [2.75, 3.05) is 19.6 Å². The maximum Gasteiger partial charge on any atom is 0.0333 e. The lowest BCUT2D eigenvalue weighted by molar-refractivity contribution is 0.182. The largest absolute Gasteiger partial charge is 0.329 e. The fourth-order valence-corrected chi connectivity index (χ4v) is 1.92. The van der Waals surface area contributed by atoms with Crippen molar-refractivity contribution in [3.63, 3.8) is 0 Å². The Balaban J connectivity index is 2.41. The standard InChI is InChI=1S/C10H22N2/c1-3-7-12(8-4-2)10(9-11)5-6-10/h3-9,11H2,1-2H3. The van der Waals surface area contributed by atoms with Crippen molar-refractivity contribution in [1.82, 2.24) is 4.90 Å². The first-order valence-corrected chi connectivity index (χ1v) is 5.24. The van der Waals surface area contributed by atoms with E-state index in [4.69, 9.17) is 5.73 Å². The Morgan fingerprint density at radius 3 is 1.92 bits per heavy atom. The quantitative estimate of drug-likeness (QED) is 0.656. The molecule has 0 atom stereocenters. The molecule has 2 nitrogen and oxygen atoms in total. The Bertz CT molecular complexity index is 124. The van der Waals surface area contributed by atoms with Gasteiger partial charge in [-0.25, -0.2) is 0 Å². The van der Waals surface area contributed by atoms with Crippen LogP contribution in [-0.4, -0.2) is 30.1 Å². The summed E-state index contributed by atoms with van der Waals surface area (Å²) in [6.45, 7) is 7.80. The molecule has 72 valence electrons. The van der Waals surface area contributed by atoms with Crippen LogP contribution in [0.4, 0.5) is 0 Å². The Kier molecular flexibility index (Phi) is 3.53. The Morgan fingerprint density at radius 2 is 1.67 bits per heavy atom. The molecule has 0 radical (unpaired) electrons. The van der Waals surface area contributed by atoms with Crippen LogP contribution in [-0.2, 0) is 0 Å². The van der Waals surface area contributed by atoms with Crippen LogP contribution in [0.5, 0.6) is 0 Å². The zero-order valence-electron chi connectivity index (χ0n) is 8.47. The summed E-state index contributed by atoms with van der Waals surface area (Å²) in [7, 11) is 0. The van der Waals surface area contributed by atoms with Gasteiger partial charge in [0.25, 0.3) is 0 Å². The van der Waals surface area contributed by atoms with E-state index in [0.717, 1.165) is 6.54 Å². The summed E-state index contributed by atoms with van der Waals surface area (Å²) in [4.78, 5) is 2.59. The van der Waals surface area contributed by atoms with E-state index < -0.39 is 0 Å². The van der Waals surface area contributed by atoms with Gasteiger partial charge >= 0.3 is 0 Å². The predicted octanol–water partition coefficient (Wildman–Crippen LogP) is 1.60. The molecule has 0 saturated heterocycles. The van der Waals surface area contributed by atoms with Crippen LogP contribution in [0.25, 0.3) is 0 Å². The number of hydrogen-bond acceptors (Lipinski definition) is 2. The lowest BCUT2D eigenvalue weighted by atomic mass is 10.2. The monoisotopic (exact) mass is 170 g/mol. The highest BCUT2D eigenvalue weighted by Crippen LogP contribution is 2.40. The summed E-state index contributed by atoms with van der Waals surface area (Å²) >= 11 is 0. The van der Waals surface area contributed by atoms with E-state index in [9.17, 15) is 0 Å². The van der Waals surface area contributed by atoms with Gasteiger partial charge in [-0.05, 0) is 38.8 Å². The molecule has 0 aliphatic heterocycles. The molecule has 0 heterocycles. The Morgan fingerprint density at radius 1 is 1.17 bits per heavy atom. The molecule has 1 aliphatic rings. The first kappa shape index (κ1) is 10.0. The minimum Gasteiger partial charge on any atom is -0.329 e. The first-order chi connectivity index (χ1) is 5.79. The van der Waals surface area contributed by atoms with Gasteiger partial charge in [0.15, 0.2) is 0 Å². The second kappa shape index (κ2) is 4.24. The van der Waals surface area contributed by atoms with E-state index in [0.29, 0.717) is 5.54 Å². The Hall–Kier alpha value is -0.0800. The van der Waals surface area contributed by atoms with Gasteiger partial charge in [-0.15, -0.1) is 0 Å². The summed E-state index contributed by atoms with van der Waals surface area (Å²) in [6.07, 6.45) is 5.15. The van der Waals surface area contributed by atoms with Crippen LogP contribution in [0.15, 0.2) is 0 Å². The van der Waals surface area contributed by atoms with Gasteiger partial charge in [-0.3, -0.25) is 4.90 Å².